The number of carbonyl (C=O) groups is 2. The Morgan fingerprint density at radius 2 is 2.25 bits per heavy atom. The molecule has 4 heteroatoms. The molecule has 0 aliphatic carbocycles. The zero-order valence-electron chi connectivity index (χ0n) is 6.69. The average molecular weight is 169 g/mol. The lowest BCUT2D eigenvalue weighted by Crippen LogP contribution is -2.64. The van der Waals surface area contributed by atoms with Gasteiger partial charge in [0, 0.05) is 6.54 Å². The van der Waals surface area contributed by atoms with E-state index in [1.807, 2.05) is 0 Å². The number of carboxylic acids is 1. The molecule has 2 aliphatic heterocycles. The molecule has 2 heterocycles. The average Bonchev–Trinajstić information content (AvgIpc) is 2.03. The van der Waals surface area contributed by atoms with Gasteiger partial charge in [-0.15, -0.1) is 0 Å². The van der Waals surface area contributed by atoms with E-state index < -0.39 is 11.9 Å². The molecule has 4 nitrogen and oxygen atoms in total. The molecule has 0 radical (unpaired) electrons. The molecule has 2 saturated heterocycles. The number of nitrogens with zero attached hydrogens (tertiary/aromatic N) is 1. The van der Waals surface area contributed by atoms with Gasteiger partial charge in [-0.05, 0) is 19.3 Å². The summed E-state index contributed by atoms with van der Waals surface area (Å²) in [6.07, 6.45) is 2.94. The molecule has 66 valence electrons. The highest BCUT2D eigenvalue weighted by Crippen LogP contribution is 2.34. The van der Waals surface area contributed by atoms with Gasteiger partial charge < -0.3 is 10.0 Å². The Labute approximate surface area is 70.2 Å². The highest BCUT2D eigenvalue weighted by Gasteiger charge is 2.51. The van der Waals surface area contributed by atoms with Crippen molar-refractivity contribution in [3.63, 3.8) is 0 Å². The van der Waals surface area contributed by atoms with Gasteiger partial charge in [0.15, 0.2) is 5.92 Å². The van der Waals surface area contributed by atoms with E-state index in [2.05, 4.69) is 0 Å². The summed E-state index contributed by atoms with van der Waals surface area (Å²) in [5.41, 5.74) is 0. The number of aliphatic carboxylic acids is 1. The third-order valence-corrected chi connectivity index (χ3v) is 2.75. The molecule has 1 amide bonds. The second-order valence-corrected chi connectivity index (χ2v) is 3.41. The maximum atomic E-state index is 11.2. The molecule has 0 aromatic heterocycles. The van der Waals surface area contributed by atoms with E-state index in [4.69, 9.17) is 5.11 Å². The smallest absolute Gasteiger partial charge is 0.318 e. The monoisotopic (exact) mass is 169 g/mol. The van der Waals surface area contributed by atoms with Gasteiger partial charge in [0.25, 0.3) is 0 Å². The summed E-state index contributed by atoms with van der Waals surface area (Å²) in [6, 6.07) is 0.00347. The minimum atomic E-state index is -0.955. The SMILES string of the molecule is O=C(O)[C@@H]1C(=O)N2CCCC[C@@H]12. The summed E-state index contributed by atoms with van der Waals surface area (Å²) < 4.78 is 0. The van der Waals surface area contributed by atoms with Gasteiger partial charge in [-0.2, -0.15) is 0 Å². The van der Waals surface area contributed by atoms with E-state index in [0.29, 0.717) is 0 Å². The predicted octanol–water partition coefficient (Wildman–Crippen LogP) is 0.0819. The van der Waals surface area contributed by atoms with Crippen LogP contribution in [0.3, 0.4) is 0 Å². The first-order valence-corrected chi connectivity index (χ1v) is 4.25. The number of carbonyl (C=O) groups excluding carboxylic acids is 1. The van der Waals surface area contributed by atoms with Crippen LogP contribution in [0.1, 0.15) is 19.3 Å². The van der Waals surface area contributed by atoms with E-state index in [-0.39, 0.29) is 11.9 Å². The van der Waals surface area contributed by atoms with Crippen LogP contribution in [0.4, 0.5) is 0 Å². The molecule has 1 N–H and O–H groups in total. The van der Waals surface area contributed by atoms with Gasteiger partial charge in [-0.1, -0.05) is 0 Å². The Hall–Kier alpha value is -1.06. The lowest BCUT2D eigenvalue weighted by atomic mass is 9.81. The summed E-state index contributed by atoms with van der Waals surface area (Å²) in [7, 11) is 0. The maximum Gasteiger partial charge on any atom is 0.318 e. The Bertz CT molecular complexity index is 238. The number of amides is 1. The zero-order valence-corrected chi connectivity index (χ0v) is 6.69. The van der Waals surface area contributed by atoms with Crippen molar-refractivity contribution < 1.29 is 14.7 Å². The first kappa shape index (κ1) is 7.58. The maximum absolute atomic E-state index is 11.2. The van der Waals surface area contributed by atoms with Crippen LogP contribution < -0.4 is 0 Å². The van der Waals surface area contributed by atoms with Crippen molar-refractivity contribution in [2.75, 3.05) is 6.54 Å². The van der Waals surface area contributed by atoms with Crippen LogP contribution in [0.15, 0.2) is 0 Å². The fourth-order valence-electron chi connectivity index (χ4n) is 2.11. The Morgan fingerprint density at radius 3 is 2.92 bits per heavy atom. The Kier molecular flexibility index (Phi) is 1.56. The lowest BCUT2D eigenvalue weighted by molar-refractivity contribution is -0.172. The molecule has 0 spiro atoms. The molecular formula is C8H11NO3. The standard InChI is InChI=1S/C8H11NO3/c10-7-6(8(11)12)5-3-1-2-4-9(5)7/h5-6H,1-4H2,(H,11,12)/t5-,6-/m0/s1. The second kappa shape index (κ2) is 2.47. The lowest BCUT2D eigenvalue weighted by Gasteiger charge is -2.48. The van der Waals surface area contributed by atoms with Crippen LogP contribution >= 0.6 is 0 Å². The van der Waals surface area contributed by atoms with Crippen molar-refractivity contribution in [3.8, 4) is 0 Å². The summed E-state index contributed by atoms with van der Waals surface area (Å²) in [5, 5.41) is 8.70. The molecule has 2 aliphatic rings. The number of piperidine rings is 1. The van der Waals surface area contributed by atoms with E-state index in [0.717, 1.165) is 25.8 Å². The molecule has 0 saturated carbocycles. The first-order valence-electron chi connectivity index (χ1n) is 4.25. The van der Waals surface area contributed by atoms with Crippen molar-refractivity contribution in [3.05, 3.63) is 0 Å². The quantitative estimate of drug-likeness (QED) is 0.447. The van der Waals surface area contributed by atoms with Crippen LogP contribution in [-0.2, 0) is 9.59 Å². The van der Waals surface area contributed by atoms with Crippen molar-refractivity contribution in [1.82, 2.24) is 4.90 Å². The van der Waals surface area contributed by atoms with E-state index in [9.17, 15) is 9.59 Å². The van der Waals surface area contributed by atoms with Gasteiger partial charge in [0.05, 0.1) is 6.04 Å². The van der Waals surface area contributed by atoms with E-state index >= 15 is 0 Å². The van der Waals surface area contributed by atoms with Crippen LogP contribution in [0.25, 0.3) is 0 Å². The number of hydrogen-bond acceptors (Lipinski definition) is 2. The van der Waals surface area contributed by atoms with Crippen LogP contribution in [0, 0.1) is 5.92 Å². The number of rotatable bonds is 1. The largest absolute Gasteiger partial charge is 0.481 e. The highest BCUT2D eigenvalue weighted by molar-refractivity contribution is 6.02. The molecule has 2 atom stereocenters. The summed E-state index contributed by atoms with van der Waals surface area (Å²) in [5.74, 6) is -1.87. The predicted molar refractivity (Wildman–Crippen MR) is 40.5 cm³/mol. The molecular weight excluding hydrogens is 158 g/mol. The molecule has 0 aromatic carbocycles. The third kappa shape index (κ3) is 0.838. The van der Waals surface area contributed by atoms with Crippen LogP contribution in [0.2, 0.25) is 0 Å². The van der Waals surface area contributed by atoms with Crippen molar-refractivity contribution in [2.24, 2.45) is 5.92 Å². The minimum Gasteiger partial charge on any atom is -0.481 e. The Morgan fingerprint density at radius 1 is 1.50 bits per heavy atom. The van der Waals surface area contributed by atoms with Gasteiger partial charge in [0.1, 0.15) is 0 Å². The minimum absolute atomic E-state index is 0.00347. The zero-order chi connectivity index (χ0) is 8.72. The topological polar surface area (TPSA) is 57.6 Å². The van der Waals surface area contributed by atoms with Gasteiger partial charge in [-0.3, -0.25) is 9.59 Å². The molecule has 2 fully saturated rings. The fourth-order valence-corrected chi connectivity index (χ4v) is 2.11. The molecule has 12 heavy (non-hydrogen) atoms. The third-order valence-electron chi connectivity index (χ3n) is 2.75. The highest BCUT2D eigenvalue weighted by atomic mass is 16.4. The van der Waals surface area contributed by atoms with Gasteiger partial charge in [0.2, 0.25) is 5.91 Å². The summed E-state index contributed by atoms with van der Waals surface area (Å²) >= 11 is 0. The van der Waals surface area contributed by atoms with Crippen molar-refractivity contribution in [1.29, 1.82) is 0 Å². The number of β-lactam (4-membered cyclic amide) rings is 1. The Balaban J connectivity index is 2.10. The molecule has 0 bridgehead atoms. The van der Waals surface area contributed by atoms with Crippen LogP contribution in [0.5, 0.6) is 0 Å². The number of fused-ring (bicyclic) bond motifs is 1. The molecule has 2 rings (SSSR count). The first-order chi connectivity index (χ1) is 5.72. The van der Waals surface area contributed by atoms with Crippen molar-refractivity contribution >= 4 is 11.9 Å². The molecule has 0 aromatic rings. The molecule has 0 unspecified atom stereocenters. The normalized spacial score (nSPS) is 34.0. The van der Waals surface area contributed by atoms with Crippen LogP contribution in [-0.4, -0.2) is 34.5 Å². The van der Waals surface area contributed by atoms with Gasteiger partial charge >= 0.3 is 5.97 Å². The second-order valence-electron chi connectivity index (χ2n) is 3.41. The van der Waals surface area contributed by atoms with Crippen molar-refractivity contribution in [2.45, 2.75) is 25.3 Å². The van der Waals surface area contributed by atoms with Gasteiger partial charge in [-0.25, -0.2) is 0 Å². The number of carboxylic acid groups (broad SMARTS) is 1. The fraction of sp³-hybridized carbons (Fsp3) is 0.750. The van der Waals surface area contributed by atoms with E-state index in [1.165, 1.54) is 0 Å². The summed E-state index contributed by atoms with van der Waals surface area (Å²) in [4.78, 5) is 23.5. The number of hydrogen-bond donors (Lipinski definition) is 1. The van der Waals surface area contributed by atoms with E-state index in [1.54, 1.807) is 4.90 Å². The summed E-state index contributed by atoms with van der Waals surface area (Å²) in [6.45, 7) is 0.757.